The number of aromatic nitrogens is 5. The molecule has 12 aromatic carbocycles. The third-order valence-electron chi connectivity index (χ3n) is 16.4. The first-order valence-corrected chi connectivity index (χ1v) is 26.4. The smallest absolute Gasteiger partial charge is 0.0972 e. The first-order valence-electron chi connectivity index (χ1n) is 26.4. The van der Waals surface area contributed by atoms with E-state index in [2.05, 4.69) is 262 Å². The molecule has 0 aliphatic rings. The zero-order valence-corrected chi connectivity index (χ0v) is 41.6. The van der Waals surface area contributed by atoms with Crippen molar-refractivity contribution in [1.29, 1.82) is 0 Å². The maximum absolute atomic E-state index is 5.34. The van der Waals surface area contributed by atoms with Crippen molar-refractivity contribution in [3.8, 4) is 39.4 Å². The van der Waals surface area contributed by atoms with Gasteiger partial charge in [0.1, 0.15) is 0 Å². The van der Waals surface area contributed by atoms with Gasteiger partial charge in [-0.15, -0.1) is 0 Å². The lowest BCUT2D eigenvalue weighted by atomic mass is 9.93. The van der Waals surface area contributed by atoms with Crippen LogP contribution >= 0.6 is 0 Å². The van der Waals surface area contributed by atoms with Gasteiger partial charge in [-0.1, -0.05) is 146 Å². The predicted octanol–water partition coefficient (Wildman–Crippen LogP) is 18.9. The van der Waals surface area contributed by atoms with Crippen LogP contribution in [0.4, 0.5) is 0 Å². The molecule has 0 saturated heterocycles. The van der Waals surface area contributed by atoms with E-state index in [0.717, 1.165) is 72.2 Å². The maximum atomic E-state index is 5.34. The molecular weight excluding hydrogens is 935 g/mol. The highest BCUT2D eigenvalue weighted by Crippen LogP contribution is 2.44. The molecule has 5 heteroatoms. The van der Waals surface area contributed by atoms with E-state index in [1.165, 1.54) is 86.8 Å². The highest BCUT2D eigenvalue weighted by molar-refractivity contribution is 6.29. The minimum absolute atomic E-state index is 0.912. The number of hydrogen-bond acceptors (Lipinski definition) is 2. The molecule has 0 saturated carbocycles. The summed E-state index contributed by atoms with van der Waals surface area (Å²) in [5.41, 5.74) is 16.6. The van der Waals surface area contributed by atoms with Gasteiger partial charge in [-0.2, -0.15) is 0 Å². The second kappa shape index (κ2) is 16.1. The van der Waals surface area contributed by atoms with Crippen molar-refractivity contribution in [2.24, 2.45) is 0 Å². The predicted molar refractivity (Wildman–Crippen MR) is 323 cm³/mol. The van der Waals surface area contributed by atoms with Gasteiger partial charge < -0.3 is 13.7 Å². The number of benzene rings is 12. The van der Waals surface area contributed by atoms with E-state index in [1.807, 2.05) is 12.3 Å². The topological polar surface area (TPSA) is 40.6 Å². The highest BCUT2D eigenvalue weighted by Gasteiger charge is 2.21. The minimum Gasteiger partial charge on any atom is -0.309 e. The summed E-state index contributed by atoms with van der Waals surface area (Å²) < 4.78 is 7.30. The number of nitrogens with zero attached hydrogens (tertiary/aromatic N) is 5. The number of rotatable bonds is 5. The van der Waals surface area contributed by atoms with Gasteiger partial charge in [0.15, 0.2) is 0 Å². The second-order valence-corrected chi connectivity index (χ2v) is 20.5. The van der Waals surface area contributed by atoms with Crippen LogP contribution in [0.1, 0.15) is 0 Å². The zero-order valence-electron chi connectivity index (χ0n) is 41.6. The van der Waals surface area contributed by atoms with Gasteiger partial charge in [-0.25, -0.2) is 4.98 Å². The zero-order chi connectivity index (χ0) is 50.3. The van der Waals surface area contributed by atoms with Crippen molar-refractivity contribution in [1.82, 2.24) is 23.7 Å². The summed E-state index contributed by atoms with van der Waals surface area (Å²) in [7, 11) is 0. The molecular formula is C72H43N5. The number of hydrogen-bond donors (Lipinski definition) is 0. The van der Waals surface area contributed by atoms with E-state index in [1.54, 1.807) is 0 Å². The molecule has 5 nitrogen and oxygen atoms in total. The summed E-state index contributed by atoms with van der Waals surface area (Å²) in [6.45, 7) is 0. The van der Waals surface area contributed by atoms with Crippen molar-refractivity contribution >= 4 is 120 Å². The van der Waals surface area contributed by atoms with Gasteiger partial charge in [-0.05, 0) is 153 Å². The van der Waals surface area contributed by atoms with Gasteiger partial charge >= 0.3 is 0 Å². The summed E-state index contributed by atoms with van der Waals surface area (Å²) >= 11 is 0. The van der Waals surface area contributed by atoms with E-state index < -0.39 is 0 Å². The van der Waals surface area contributed by atoms with Gasteiger partial charge in [0.25, 0.3) is 0 Å². The van der Waals surface area contributed by atoms with Crippen molar-refractivity contribution < 1.29 is 0 Å². The molecule has 0 fully saturated rings. The Kier molecular flexibility index (Phi) is 8.77. The van der Waals surface area contributed by atoms with Crippen molar-refractivity contribution in [2.45, 2.75) is 0 Å². The fraction of sp³-hybridized carbons (Fsp3) is 0. The van der Waals surface area contributed by atoms with Crippen LogP contribution in [0.25, 0.3) is 159 Å². The van der Waals surface area contributed by atoms with Gasteiger partial charge in [0.05, 0.1) is 49.8 Å². The summed E-state index contributed by atoms with van der Waals surface area (Å²) in [6, 6.07) is 93.6. The second-order valence-electron chi connectivity index (χ2n) is 20.5. The molecule has 77 heavy (non-hydrogen) atoms. The average molecular weight is 978 g/mol. The standard InChI is InChI=1S/C72H43N5/c1-3-15-49(16-4-1)75-65-24-12-11-23-56(65)59-38-46(28-33-66(59)75)47-29-34-67-60(39-47)62-41-51(31-36-69(62)76(67)50-17-5-2-6-18-50)77-68-35-30-48(64-32-27-45-26-25-44-14-13-37-73-71(44)72(45)74-64)40-61(68)63-42-57-54-21-9-7-19-52(54)53-20-8-10-22-55(53)58(57)43-70(63)77/h1-43H. The van der Waals surface area contributed by atoms with E-state index in [0.29, 0.717) is 0 Å². The van der Waals surface area contributed by atoms with Gasteiger partial charge in [0.2, 0.25) is 0 Å². The summed E-state index contributed by atoms with van der Waals surface area (Å²) in [4.78, 5) is 10.1. The van der Waals surface area contributed by atoms with Crippen LogP contribution in [0.5, 0.6) is 0 Å². The molecule has 5 aromatic heterocycles. The van der Waals surface area contributed by atoms with Crippen LogP contribution in [-0.4, -0.2) is 23.7 Å². The Labute approximate surface area is 441 Å². The maximum Gasteiger partial charge on any atom is 0.0972 e. The summed E-state index contributed by atoms with van der Waals surface area (Å²) in [6.07, 6.45) is 1.86. The Bertz CT molecular complexity index is 5330. The first kappa shape index (κ1) is 42.0. The molecule has 5 heterocycles. The van der Waals surface area contributed by atoms with E-state index in [4.69, 9.17) is 9.97 Å². The SMILES string of the molecule is c1ccc(-n2c3ccccc3c3cc(-c4ccc5c(c4)c4cc(-n6c7ccc(-c8ccc9ccc%10cccnc%10c9n8)cc7c7cc8c9ccccc9c9ccccc9c8cc76)ccc4n5-c4ccccc4)ccc32)cc1. The van der Waals surface area contributed by atoms with E-state index in [9.17, 15) is 0 Å². The van der Waals surface area contributed by atoms with Crippen LogP contribution in [0, 0.1) is 0 Å². The molecule has 0 aliphatic carbocycles. The minimum atomic E-state index is 0.912. The molecule has 0 bridgehead atoms. The highest BCUT2D eigenvalue weighted by atomic mass is 15.0. The Morgan fingerprint density at radius 1 is 0.234 bits per heavy atom. The molecule has 0 amide bonds. The molecule has 0 N–H and O–H groups in total. The van der Waals surface area contributed by atoms with Crippen LogP contribution in [0.3, 0.4) is 0 Å². The van der Waals surface area contributed by atoms with Gasteiger partial charge in [-0.3, -0.25) is 4.98 Å². The fourth-order valence-electron chi connectivity index (χ4n) is 12.9. The lowest BCUT2D eigenvalue weighted by molar-refractivity contribution is 1.17. The van der Waals surface area contributed by atoms with Gasteiger partial charge in [0, 0.05) is 71.9 Å². The molecule has 17 rings (SSSR count). The summed E-state index contributed by atoms with van der Waals surface area (Å²) in [5, 5.41) is 16.9. The van der Waals surface area contributed by atoms with Crippen LogP contribution in [0.2, 0.25) is 0 Å². The lowest BCUT2D eigenvalue weighted by Crippen LogP contribution is -1.96. The monoisotopic (exact) mass is 977 g/mol. The molecule has 0 atom stereocenters. The molecule has 0 unspecified atom stereocenters. The van der Waals surface area contributed by atoms with Crippen molar-refractivity contribution in [2.75, 3.05) is 0 Å². The Balaban J connectivity index is 0.918. The largest absolute Gasteiger partial charge is 0.309 e. The van der Waals surface area contributed by atoms with Crippen LogP contribution in [0.15, 0.2) is 261 Å². The Morgan fingerprint density at radius 2 is 0.675 bits per heavy atom. The molecule has 0 radical (unpaired) electrons. The fourth-order valence-corrected chi connectivity index (χ4v) is 12.9. The van der Waals surface area contributed by atoms with Crippen LogP contribution in [-0.2, 0) is 0 Å². The molecule has 356 valence electrons. The van der Waals surface area contributed by atoms with Crippen molar-refractivity contribution in [3.63, 3.8) is 0 Å². The van der Waals surface area contributed by atoms with Crippen molar-refractivity contribution in [3.05, 3.63) is 261 Å². The molecule has 0 spiro atoms. The average Bonchev–Trinajstić information content (AvgIpc) is 4.35. The quantitative estimate of drug-likeness (QED) is 0.161. The third kappa shape index (κ3) is 6.17. The molecule has 0 aliphatic heterocycles. The number of para-hydroxylation sites is 3. The van der Waals surface area contributed by atoms with E-state index >= 15 is 0 Å². The Hall–Kier alpha value is -10.4. The summed E-state index contributed by atoms with van der Waals surface area (Å²) in [5.74, 6) is 0. The molecule has 17 aromatic rings. The van der Waals surface area contributed by atoms with E-state index in [-0.39, 0.29) is 0 Å². The lowest BCUT2D eigenvalue weighted by Gasteiger charge is -2.13. The number of pyridine rings is 2. The Morgan fingerprint density at radius 3 is 1.31 bits per heavy atom. The third-order valence-corrected chi connectivity index (χ3v) is 16.4. The first-order chi connectivity index (χ1) is 38.2. The normalized spacial score (nSPS) is 12.2. The van der Waals surface area contributed by atoms with Crippen LogP contribution < -0.4 is 0 Å². The number of fused-ring (bicyclic) bond motifs is 18.